The summed E-state index contributed by atoms with van der Waals surface area (Å²) in [5.41, 5.74) is 1.21. The third kappa shape index (κ3) is 7.01. The minimum atomic E-state index is 0.647. The van der Waals surface area contributed by atoms with E-state index in [4.69, 9.17) is 9.47 Å². The van der Waals surface area contributed by atoms with Crippen molar-refractivity contribution in [1.29, 1.82) is 0 Å². The van der Waals surface area contributed by atoms with E-state index in [0.29, 0.717) is 13.2 Å². The Labute approximate surface area is 143 Å². The molecule has 0 radical (unpaired) electrons. The normalized spacial score (nSPS) is 10.7. The molecule has 0 heterocycles. The average Bonchev–Trinajstić information content (AvgIpc) is 2.52. The van der Waals surface area contributed by atoms with Gasteiger partial charge in [0.25, 0.3) is 0 Å². The van der Waals surface area contributed by atoms with Crippen LogP contribution in [0.15, 0.2) is 16.6 Å². The SMILES string of the molecule is CCCCCCNCc1cc(OCC)c(OCCC)cc1Br. The molecule has 0 spiro atoms. The fourth-order valence-electron chi connectivity index (χ4n) is 2.21. The molecule has 4 heteroatoms. The average molecular weight is 372 g/mol. The van der Waals surface area contributed by atoms with Crippen LogP contribution in [0.2, 0.25) is 0 Å². The Balaban J connectivity index is 2.60. The quantitative estimate of drug-likeness (QED) is 0.505. The topological polar surface area (TPSA) is 30.5 Å². The van der Waals surface area contributed by atoms with Crippen LogP contribution < -0.4 is 14.8 Å². The van der Waals surface area contributed by atoms with Gasteiger partial charge in [0.05, 0.1) is 13.2 Å². The summed E-state index contributed by atoms with van der Waals surface area (Å²) in [5, 5.41) is 3.51. The van der Waals surface area contributed by atoms with Crippen molar-refractivity contribution in [2.75, 3.05) is 19.8 Å². The molecule has 3 nitrogen and oxygen atoms in total. The van der Waals surface area contributed by atoms with E-state index >= 15 is 0 Å². The second-order valence-electron chi connectivity index (χ2n) is 5.41. The van der Waals surface area contributed by atoms with Crippen LogP contribution in [0, 0.1) is 0 Å². The Hall–Kier alpha value is -0.740. The molecule has 0 saturated heterocycles. The highest BCUT2D eigenvalue weighted by atomic mass is 79.9. The molecule has 0 amide bonds. The minimum Gasteiger partial charge on any atom is -0.490 e. The first-order valence-electron chi connectivity index (χ1n) is 8.51. The third-order valence-electron chi connectivity index (χ3n) is 3.40. The number of hydrogen-bond donors (Lipinski definition) is 1. The van der Waals surface area contributed by atoms with Gasteiger partial charge in [-0.2, -0.15) is 0 Å². The molecule has 1 rings (SSSR count). The summed E-state index contributed by atoms with van der Waals surface area (Å²) in [7, 11) is 0. The van der Waals surface area contributed by atoms with Gasteiger partial charge >= 0.3 is 0 Å². The molecule has 1 aromatic carbocycles. The second kappa shape index (κ2) is 11.8. The van der Waals surface area contributed by atoms with Gasteiger partial charge in [-0.15, -0.1) is 0 Å². The Morgan fingerprint density at radius 2 is 1.73 bits per heavy atom. The second-order valence-corrected chi connectivity index (χ2v) is 6.26. The van der Waals surface area contributed by atoms with Crippen LogP contribution in [0.1, 0.15) is 58.4 Å². The molecule has 0 aliphatic rings. The lowest BCUT2D eigenvalue weighted by molar-refractivity contribution is 0.276. The van der Waals surface area contributed by atoms with Gasteiger partial charge in [-0.3, -0.25) is 0 Å². The van der Waals surface area contributed by atoms with Crippen LogP contribution in [0.3, 0.4) is 0 Å². The molecular weight excluding hydrogens is 342 g/mol. The summed E-state index contributed by atoms with van der Waals surface area (Å²) in [6.45, 7) is 9.60. The predicted octanol–water partition coefficient (Wildman–Crippen LogP) is 5.31. The van der Waals surface area contributed by atoms with E-state index in [2.05, 4.69) is 41.2 Å². The van der Waals surface area contributed by atoms with Crippen molar-refractivity contribution in [3.05, 3.63) is 22.2 Å². The zero-order valence-corrected chi connectivity index (χ0v) is 15.8. The van der Waals surface area contributed by atoms with Crippen LogP contribution in [-0.4, -0.2) is 19.8 Å². The number of hydrogen-bond acceptors (Lipinski definition) is 3. The van der Waals surface area contributed by atoms with Crippen LogP contribution >= 0.6 is 15.9 Å². The number of benzene rings is 1. The lowest BCUT2D eigenvalue weighted by Gasteiger charge is -2.15. The Kier molecular flexibility index (Phi) is 10.3. The standard InChI is InChI=1S/C18H30BrNO2/c1-4-7-8-9-10-20-14-15-12-17(21-6-3)18(13-16(15)19)22-11-5-2/h12-13,20H,4-11,14H2,1-3H3. The van der Waals surface area contributed by atoms with Crippen LogP contribution in [-0.2, 0) is 6.54 Å². The van der Waals surface area contributed by atoms with Crippen molar-refractivity contribution < 1.29 is 9.47 Å². The van der Waals surface area contributed by atoms with Gasteiger partial charge in [0.2, 0.25) is 0 Å². The first kappa shape index (κ1) is 19.3. The van der Waals surface area contributed by atoms with Crippen molar-refractivity contribution in [1.82, 2.24) is 5.32 Å². The number of nitrogens with one attached hydrogen (secondary N) is 1. The maximum Gasteiger partial charge on any atom is 0.162 e. The fraction of sp³-hybridized carbons (Fsp3) is 0.667. The van der Waals surface area contributed by atoms with Crippen LogP contribution in [0.4, 0.5) is 0 Å². The maximum absolute atomic E-state index is 5.77. The first-order valence-corrected chi connectivity index (χ1v) is 9.30. The predicted molar refractivity (Wildman–Crippen MR) is 96.9 cm³/mol. The van der Waals surface area contributed by atoms with Crippen molar-refractivity contribution in [3.63, 3.8) is 0 Å². The minimum absolute atomic E-state index is 0.647. The van der Waals surface area contributed by atoms with Crippen LogP contribution in [0.5, 0.6) is 11.5 Å². The van der Waals surface area contributed by atoms with E-state index in [9.17, 15) is 0 Å². The molecule has 0 unspecified atom stereocenters. The molecule has 0 aromatic heterocycles. The zero-order valence-electron chi connectivity index (χ0n) is 14.2. The van der Waals surface area contributed by atoms with E-state index in [1.807, 2.05) is 13.0 Å². The summed E-state index contributed by atoms with van der Waals surface area (Å²) < 4.78 is 12.6. The van der Waals surface area contributed by atoms with Gasteiger partial charge in [-0.25, -0.2) is 0 Å². The number of rotatable bonds is 12. The molecule has 0 fully saturated rings. The highest BCUT2D eigenvalue weighted by Gasteiger charge is 2.10. The molecule has 126 valence electrons. The van der Waals surface area contributed by atoms with Gasteiger partial charge in [-0.05, 0) is 44.0 Å². The lowest BCUT2D eigenvalue weighted by Crippen LogP contribution is -2.15. The smallest absolute Gasteiger partial charge is 0.162 e. The molecule has 1 aromatic rings. The molecule has 1 N–H and O–H groups in total. The zero-order chi connectivity index (χ0) is 16.2. The highest BCUT2D eigenvalue weighted by molar-refractivity contribution is 9.10. The monoisotopic (exact) mass is 371 g/mol. The van der Waals surface area contributed by atoms with E-state index in [0.717, 1.165) is 35.5 Å². The number of ether oxygens (including phenoxy) is 2. The van der Waals surface area contributed by atoms with Crippen LogP contribution in [0.25, 0.3) is 0 Å². The Bertz CT molecular complexity index is 424. The molecule has 22 heavy (non-hydrogen) atoms. The van der Waals surface area contributed by atoms with Gasteiger partial charge in [-0.1, -0.05) is 49.0 Å². The largest absolute Gasteiger partial charge is 0.490 e. The summed E-state index contributed by atoms with van der Waals surface area (Å²) in [4.78, 5) is 0. The Morgan fingerprint density at radius 1 is 0.955 bits per heavy atom. The summed E-state index contributed by atoms with van der Waals surface area (Å²) in [6.07, 6.45) is 6.14. The van der Waals surface area contributed by atoms with E-state index in [1.54, 1.807) is 0 Å². The van der Waals surface area contributed by atoms with E-state index in [1.165, 1.54) is 31.2 Å². The number of unbranched alkanes of at least 4 members (excludes halogenated alkanes) is 3. The Morgan fingerprint density at radius 3 is 2.41 bits per heavy atom. The summed E-state index contributed by atoms with van der Waals surface area (Å²) >= 11 is 3.64. The molecule has 0 saturated carbocycles. The summed E-state index contributed by atoms with van der Waals surface area (Å²) in [6, 6.07) is 4.10. The van der Waals surface area contributed by atoms with Gasteiger partial charge in [0.1, 0.15) is 0 Å². The van der Waals surface area contributed by atoms with Gasteiger partial charge in [0.15, 0.2) is 11.5 Å². The first-order chi connectivity index (χ1) is 10.7. The molecule has 0 aliphatic heterocycles. The van der Waals surface area contributed by atoms with Crippen molar-refractivity contribution in [2.24, 2.45) is 0 Å². The molecule has 0 bridgehead atoms. The van der Waals surface area contributed by atoms with Gasteiger partial charge < -0.3 is 14.8 Å². The van der Waals surface area contributed by atoms with Crippen molar-refractivity contribution in [2.45, 2.75) is 59.4 Å². The third-order valence-corrected chi connectivity index (χ3v) is 4.14. The fourth-order valence-corrected chi connectivity index (χ4v) is 2.67. The summed E-state index contributed by atoms with van der Waals surface area (Å²) in [5.74, 6) is 1.66. The molecular formula is C18H30BrNO2. The van der Waals surface area contributed by atoms with Gasteiger partial charge in [0, 0.05) is 11.0 Å². The molecule has 0 aliphatic carbocycles. The number of halogens is 1. The van der Waals surface area contributed by atoms with Crippen molar-refractivity contribution >= 4 is 15.9 Å². The molecule has 0 atom stereocenters. The van der Waals surface area contributed by atoms with E-state index in [-0.39, 0.29) is 0 Å². The van der Waals surface area contributed by atoms with E-state index < -0.39 is 0 Å². The lowest BCUT2D eigenvalue weighted by atomic mass is 10.2. The van der Waals surface area contributed by atoms with Crippen molar-refractivity contribution in [3.8, 4) is 11.5 Å². The highest BCUT2D eigenvalue weighted by Crippen LogP contribution is 2.34. The maximum atomic E-state index is 5.77.